The quantitative estimate of drug-likeness (QED) is 0.636. The molecule has 1 atom stereocenters. The van der Waals surface area contributed by atoms with Crippen LogP contribution in [0.2, 0.25) is 5.02 Å². The predicted molar refractivity (Wildman–Crippen MR) is 106 cm³/mol. The SMILES string of the molecule is CC.Cc1c(F)cc2c(c1Cl)OCC1CN(C(=O)OC(C)(C)C)CCN1C2=O. The summed E-state index contributed by atoms with van der Waals surface area (Å²) < 4.78 is 25.2. The Labute approximate surface area is 170 Å². The molecule has 0 aliphatic carbocycles. The Kier molecular flexibility index (Phi) is 6.80. The minimum Gasteiger partial charge on any atom is -0.489 e. The second kappa shape index (κ2) is 8.55. The lowest BCUT2D eigenvalue weighted by molar-refractivity contribution is 0.000952. The molecule has 0 N–H and O–H groups in total. The Bertz CT molecular complexity index is 764. The normalized spacial score (nSPS) is 18.9. The lowest BCUT2D eigenvalue weighted by atomic mass is 10.1. The fourth-order valence-corrected chi connectivity index (χ4v) is 3.33. The molecule has 1 fully saturated rings. The number of hydrogen-bond donors (Lipinski definition) is 0. The smallest absolute Gasteiger partial charge is 0.410 e. The molecular weight excluding hydrogens is 387 g/mol. The average Bonchev–Trinajstić information content (AvgIpc) is 2.77. The minimum absolute atomic E-state index is 0.109. The summed E-state index contributed by atoms with van der Waals surface area (Å²) in [6.07, 6.45) is -0.425. The van der Waals surface area contributed by atoms with Gasteiger partial charge in [-0.05, 0) is 33.8 Å². The molecule has 2 aliphatic heterocycles. The first-order chi connectivity index (χ1) is 13.1. The Morgan fingerprint density at radius 1 is 1.32 bits per heavy atom. The van der Waals surface area contributed by atoms with Crippen molar-refractivity contribution in [2.75, 3.05) is 26.2 Å². The van der Waals surface area contributed by atoms with Gasteiger partial charge in [-0.15, -0.1) is 0 Å². The van der Waals surface area contributed by atoms with Crippen molar-refractivity contribution in [2.24, 2.45) is 0 Å². The van der Waals surface area contributed by atoms with Gasteiger partial charge >= 0.3 is 6.09 Å². The predicted octanol–water partition coefficient (Wildman–Crippen LogP) is 4.27. The number of fused-ring (bicyclic) bond motifs is 2. The molecule has 2 heterocycles. The van der Waals surface area contributed by atoms with Crippen LogP contribution in [0.1, 0.15) is 50.5 Å². The zero-order chi connectivity index (χ0) is 21.2. The molecule has 0 saturated carbocycles. The number of carbonyl (C=O) groups is 2. The standard InChI is InChI=1S/C18H22ClFN2O4.C2H6/c1-10-13(20)7-12-15(14(10)19)25-9-11-8-21(5-6-22(11)16(12)23)17(24)26-18(2,3)4;1-2/h7,11H,5-6,8-9H2,1-4H3;1-2H3. The van der Waals surface area contributed by atoms with Gasteiger partial charge in [0.05, 0.1) is 16.6 Å². The number of amides is 2. The van der Waals surface area contributed by atoms with E-state index in [0.717, 1.165) is 0 Å². The summed E-state index contributed by atoms with van der Waals surface area (Å²) in [5.74, 6) is -0.683. The number of nitrogens with zero attached hydrogens (tertiary/aromatic N) is 2. The van der Waals surface area contributed by atoms with E-state index in [2.05, 4.69) is 0 Å². The maximum Gasteiger partial charge on any atom is 0.410 e. The van der Waals surface area contributed by atoms with Crippen molar-refractivity contribution < 1.29 is 23.5 Å². The third-order valence-corrected chi connectivity index (χ3v) is 4.90. The number of halogens is 2. The van der Waals surface area contributed by atoms with Crippen LogP contribution in [0.3, 0.4) is 0 Å². The van der Waals surface area contributed by atoms with Gasteiger partial charge in [-0.2, -0.15) is 0 Å². The molecule has 0 radical (unpaired) electrons. The Morgan fingerprint density at radius 2 is 1.96 bits per heavy atom. The van der Waals surface area contributed by atoms with Crippen LogP contribution < -0.4 is 4.74 Å². The highest BCUT2D eigenvalue weighted by Gasteiger charge is 2.39. The molecule has 6 nitrogen and oxygen atoms in total. The first-order valence-electron chi connectivity index (χ1n) is 9.49. The highest BCUT2D eigenvalue weighted by atomic mass is 35.5. The number of rotatable bonds is 0. The number of piperazine rings is 1. The van der Waals surface area contributed by atoms with E-state index in [1.807, 2.05) is 13.8 Å². The van der Waals surface area contributed by atoms with Crippen LogP contribution in [-0.4, -0.2) is 59.7 Å². The van der Waals surface area contributed by atoms with E-state index in [0.29, 0.717) is 13.1 Å². The molecule has 1 saturated heterocycles. The summed E-state index contributed by atoms with van der Waals surface area (Å²) in [6.45, 7) is 12.1. The van der Waals surface area contributed by atoms with Crippen molar-refractivity contribution in [2.45, 2.75) is 53.2 Å². The van der Waals surface area contributed by atoms with Gasteiger partial charge in [0.15, 0.2) is 5.75 Å². The molecule has 8 heteroatoms. The monoisotopic (exact) mass is 414 g/mol. The van der Waals surface area contributed by atoms with Crippen LogP contribution in [0.5, 0.6) is 5.75 Å². The molecule has 3 rings (SSSR count). The average molecular weight is 415 g/mol. The highest BCUT2D eigenvalue weighted by molar-refractivity contribution is 6.33. The molecule has 0 spiro atoms. The van der Waals surface area contributed by atoms with Gasteiger partial charge in [0.1, 0.15) is 18.0 Å². The van der Waals surface area contributed by atoms with Gasteiger partial charge < -0.3 is 19.3 Å². The van der Waals surface area contributed by atoms with Crippen LogP contribution in [0.15, 0.2) is 6.07 Å². The van der Waals surface area contributed by atoms with Crippen LogP contribution in [0, 0.1) is 12.7 Å². The summed E-state index contributed by atoms with van der Waals surface area (Å²) in [5, 5.41) is 0.109. The van der Waals surface area contributed by atoms with Gasteiger partial charge in [0.2, 0.25) is 0 Å². The van der Waals surface area contributed by atoms with Gasteiger partial charge in [0, 0.05) is 25.2 Å². The van der Waals surface area contributed by atoms with E-state index < -0.39 is 17.5 Å². The highest BCUT2D eigenvalue weighted by Crippen LogP contribution is 2.37. The number of benzene rings is 1. The third-order valence-electron chi connectivity index (χ3n) is 4.45. The van der Waals surface area contributed by atoms with Crippen molar-refractivity contribution in [3.8, 4) is 5.75 Å². The molecule has 1 aromatic rings. The molecule has 2 aliphatic rings. The Balaban J connectivity index is 0.00000136. The molecule has 1 aromatic carbocycles. The largest absolute Gasteiger partial charge is 0.489 e. The van der Waals surface area contributed by atoms with E-state index in [1.54, 1.807) is 30.6 Å². The van der Waals surface area contributed by atoms with Crippen LogP contribution in [0.25, 0.3) is 0 Å². The van der Waals surface area contributed by atoms with Crippen molar-refractivity contribution in [1.82, 2.24) is 9.80 Å². The van der Waals surface area contributed by atoms with Crippen LogP contribution in [0.4, 0.5) is 9.18 Å². The lowest BCUT2D eigenvalue weighted by Crippen LogP contribution is -2.58. The van der Waals surface area contributed by atoms with Crippen molar-refractivity contribution in [1.29, 1.82) is 0 Å². The maximum absolute atomic E-state index is 14.0. The lowest BCUT2D eigenvalue weighted by Gasteiger charge is -2.40. The number of hydrogen-bond acceptors (Lipinski definition) is 4. The van der Waals surface area contributed by atoms with E-state index in [4.69, 9.17) is 21.1 Å². The molecule has 28 heavy (non-hydrogen) atoms. The first-order valence-corrected chi connectivity index (χ1v) is 9.86. The fraction of sp³-hybridized carbons (Fsp3) is 0.600. The molecule has 0 aromatic heterocycles. The van der Waals surface area contributed by atoms with E-state index >= 15 is 0 Å². The molecule has 2 amide bonds. The van der Waals surface area contributed by atoms with E-state index in [1.165, 1.54) is 13.0 Å². The van der Waals surface area contributed by atoms with Gasteiger partial charge in [-0.1, -0.05) is 25.4 Å². The third kappa shape index (κ3) is 4.51. The molecule has 156 valence electrons. The van der Waals surface area contributed by atoms with Gasteiger partial charge in [-0.25, -0.2) is 9.18 Å². The fourth-order valence-electron chi connectivity index (χ4n) is 3.09. The van der Waals surface area contributed by atoms with Gasteiger partial charge in [-0.3, -0.25) is 4.79 Å². The van der Waals surface area contributed by atoms with Crippen LogP contribution >= 0.6 is 11.6 Å². The minimum atomic E-state index is -0.594. The number of carbonyl (C=O) groups excluding carboxylic acids is 2. The second-order valence-corrected chi connectivity index (χ2v) is 7.94. The molecular formula is C20H28ClFN2O4. The summed E-state index contributed by atoms with van der Waals surface area (Å²) in [6, 6.07) is 0.817. The Morgan fingerprint density at radius 3 is 2.57 bits per heavy atom. The van der Waals surface area contributed by atoms with Gasteiger partial charge in [0.25, 0.3) is 5.91 Å². The topological polar surface area (TPSA) is 59.1 Å². The zero-order valence-corrected chi connectivity index (χ0v) is 18.0. The van der Waals surface area contributed by atoms with Crippen molar-refractivity contribution >= 4 is 23.6 Å². The summed E-state index contributed by atoms with van der Waals surface area (Å²) in [4.78, 5) is 28.4. The summed E-state index contributed by atoms with van der Waals surface area (Å²) in [5.41, 5.74) is -0.234. The van der Waals surface area contributed by atoms with Crippen LogP contribution in [-0.2, 0) is 4.74 Å². The Hall–Kier alpha value is -2.02. The van der Waals surface area contributed by atoms with Crippen molar-refractivity contribution in [3.05, 3.63) is 28.0 Å². The summed E-state index contributed by atoms with van der Waals surface area (Å²) >= 11 is 6.18. The summed E-state index contributed by atoms with van der Waals surface area (Å²) in [7, 11) is 0. The van der Waals surface area contributed by atoms with E-state index in [-0.39, 0.29) is 47.0 Å². The van der Waals surface area contributed by atoms with E-state index in [9.17, 15) is 14.0 Å². The first kappa shape index (κ1) is 22.3. The zero-order valence-electron chi connectivity index (χ0n) is 17.3. The maximum atomic E-state index is 14.0. The number of ether oxygens (including phenoxy) is 2. The van der Waals surface area contributed by atoms with Crippen molar-refractivity contribution in [3.63, 3.8) is 0 Å². The molecule has 0 bridgehead atoms. The second-order valence-electron chi connectivity index (χ2n) is 7.56. The molecule has 1 unspecified atom stereocenters.